The Morgan fingerprint density at radius 3 is 2.74 bits per heavy atom. The number of aromatic amines is 1. The summed E-state index contributed by atoms with van der Waals surface area (Å²) < 4.78 is 0. The third-order valence-corrected chi connectivity index (χ3v) is 5.06. The van der Waals surface area contributed by atoms with Gasteiger partial charge in [-0.15, -0.1) is 0 Å². The molecule has 6 heteroatoms. The van der Waals surface area contributed by atoms with E-state index in [9.17, 15) is 4.79 Å². The molecule has 0 aliphatic carbocycles. The molecule has 1 unspecified atom stereocenters. The maximum absolute atomic E-state index is 12.3. The summed E-state index contributed by atoms with van der Waals surface area (Å²) in [5, 5.41) is 11.4. The maximum atomic E-state index is 12.3. The second-order valence-corrected chi connectivity index (χ2v) is 7.24. The zero-order chi connectivity index (χ0) is 18.6. The number of nitrogens with zero attached hydrogens (tertiary/aromatic N) is 2. The Labute approximate surface area is 163 Å². The van der Waals surface area contributed by atoms with Crippen LogP contribution in [0.2, 0.25) is 5.02 Å². The Morgan fingerprint density at radius 2 is 1.96 bits per heavy atom. The molecule has 138 valence electrons. The SMILES string of the molecule is O=C(Cc1ccccc1)NC1CCN(c2cc(-c3ccc(Cl)cc3)[nH]n2)C1. The topological polar surface area (TPSA) is 61.0 Å². The molecule has 1 aromatic heterocycles. The lowest BCUT2D eigenvalue weighted by molar-refractivity contribution is -0.121. The molecule has 27 heavy (non-hydrogen) atoms. The number of hydrogen-bond acceptors (Lipinski definition) is 3. The Kier molecular flexibility index (Phi) is 5.12. The largest absolute Gasteiger partial charge is 0.353 e. The van der Waals surface area contributed by atoms with Crippen molar-refractivity contribution in [3.63, 3.8) is 0 Å². The van der Waals surface area contributed by atoms with Gasteiger partial charge in [0.2, 0.25) is 5.91 Å². The number of halogens is 1. The Morgan fingerprint density at radius 1 is 1.19 bits per heavy atom. The number of rotatable bonds is 5. The van der Waals surface area contributed by atoms with Crippen LogP contribution >= 0.6 is 11.6 Å². The minimum absolute atomic E-state index is 0.0666. The molecule has 1 aliphatic rings. The molecule has 3 aromatic rings. The Balaban J connectivity index is 1.34. The third kappa shape index (κ3) is 4.31. The van der Waals surface area contributed by atoms with E-state index in [4.69, 9.17) is 11.6 Å². The van der Waals surface area contributed by atoms with Crippen LogP contribution in [0.15, 0.2) is 60.7 Å². The van der Waals surface area contributed by atoms with E-state index >= 15 is 0 Å². The second-order valence-electron chi connectivity index (χ2n) is 6.81. The van der Waals surface area contributed by atoms with Crippen LogP contribution < -0.4 is 10.2 Å². The fourth-order valence-electron chi connectivity index (χ4n) is 3.40. The van der Waals surface area contributed by atoms with Crippen molar-refractivity contribution in [2.24, 2.45) is 0 Å². The molecule has 2 aromatic carbocycles. The van der Waals surface area contributed by atoms with E-state index in [1.165, 1.54) is 0 Å². The van der Waals surface area contributed by atoms with Gasteiger partial charge in [0.1, 0.15) is 0 Å². The fourth-order valence-corrected chi connectivity index (χ4v) is 3.52. The van der Waals surface area contributed by atoms with Crippen molar-refractivity contribution in [2.45, 2.75) is 18.9 Å². The molecule has 1 amide bonds. The van der Waals surface area contributed by atoms with Crippen LogP contribution in [0.5, 0.6) is 0 Å². The highest BCUT2D eigenvalue weighted by Gasteiger charge is 2.25. The molecule has 0 bridgehead atoms. The summed E-state index contributed by atoms with van der Waals surface area (Å²) in [7, 11) is 0. The molecule has 1 saturated heterocycles. The van der Waals surface area contributed by atoms with Gasteiger partial charge < -0.3 is 10.2 Å². The molecule has 2 heterocycles. The number of amides is 1. The lowest BCUT2D eigenvalue weighted by Crippen LogP contribution is -2.38. The minimum atomic E-state index is 0.0666. The molecule has 0 radical (unpaired) electrons. The number of carbonyl (C=O) groups excluding carboxylic acids is 1. The average Bonchev–Trinajstić information content (AvgIpc) is 3.32. The van der Waals surface area contributed by atoms with Crippen LogP contribution in [-0.2, 0) is 11.2 Å². The zero-order valence-electron chi connectivity index (χ0n) is 14.9. The normalized spacial score (nSPS) is 16.5. The highest BCUT2D eigenvalue weighted by Crippen LogP contribution is 2.25. The molecule has 0 spiro atoms. The minimum Gasteiger partial charge on any atom is -0.353 e. The molecular weight excluding hydrogens is 360 g/mol. The monoisotopic (exact) mass is 380 g/mol. The van der Waals surface area contributed by atoms with Crippen LogP contribution in [-0.4, -0.2) is 35.2 Å². The summed E-state index contributed by atoms with van der Waals surface area (Å²) >= 11 is 5.95. The first kappa shape index (κ1) is 17.6. The van der Waals surface area contributed by atoms with Crippen molar-refractivity contribution in [1.82, 2.24) is 15.5 Å². The van der Waals surface area contributed by atoms with Gasteiger partial charge >= 0.3 is 0 Å². The highest BCUT2D eigenvalue weighted by molar-refractivity contribution is 6.30. The molecule has 5 nitrogen and oxygen atoms in total. The van der Waals surface area contributed by atoms with Crippen LogP contribution in [0.1, 0.15) is 12.0 Å². The van der Waals surface area contributed by atoms with Gasteiger partial charge in [-0.1, -0.05) is 54.1 Å². The standard InChI is InChI=1S/C21H21ClN4O/c22-17-8-6-16(7-9-17)19-13-20(25-24-19)26-11-10-18(14-26)23-21(27)12-15-4-2-1-3-5-15/h1-9,13,18H,10-12,14H2,(H,23,27)(H,24,25). The van der Waals surface area contributed by atoms with E-state index in [2.05, 4.69) is 20.4 Å². The van der Waals surface area contributed by atoms with Gasteiger partial charge in [-0.25, -0.2) is 0 Å². The van der Waals surface area contributed by atoms with E-state index in [1.807, 2.05) is 60.7 Å². The molecule has 2 N–H and O–H groups in total. The van der Waals surface area contributed by atoms with Gasteiger partial charge in [-0.2, -0.15) is 5.10 Å². The summed E-state index contributed by atoms with van der Waals surface area (Å²) in [6.45, 7) is 1.65. The van der Waals surface area contributed by atoms with Crippen LogP contribution in [0.25, 0.3) is 11.3 Å². The molecule has 4 rings (SSSR count). The van der Waals surface area contributed by atoms with E-state index in [0.717, 1.165) is 42.1 Å². The van der Waals surface area contributed by atoms with Crippen molar-refractivity contribution < 1.29 is 4.79 Å². The lowest BCUT2D eigenvalue weighted by atomic mass is 10.1. The summed E-state index contributed by atoms with van der Waals surface area (Å²) in [4.78, 5) is 14.5. The third-order valence-electron chi connectivity index (χ3n) is 4.80. The zero-order valence-corrected chi connectivity index (χ0v) is 15.6. The smallest absolute Gasteiger partial charge is 0.224 e. The van der Waals surface area contributed by atoms with E-state index < -0.39 is 0 Å². The Bertz CT molecular complexity index is 907. The van der Waals surface area contributed by atoms with Crippen molar-refractivity contribution in [3.05, 3.63) is 71.2 Å². The van der Waals surface area contributed by atoms with Crippen molar-refractivity contribution in [3.8, 4) is 11.3 Å². The second kappa shape index (κ2) is 7.84. The van der Waals surface area contributed by atoms with Crippen molar-refractivity contribution in [1.29, 1.82) is 0 Å². The number of carbonyl (C=O) groups is 1. The first-order valence-electron chi connectivity index (χ1n) is 9.07. The van der Waals surface area contributed by atoms with Crippen LogP contribution in [0.4, 0.5) is 5.82 Å². The quantitative estimate of drug-likeness (QED) is 0.710. The number of aromatic nitrogens is 2. The van der Waals surface area contributed by atoms with E-state index in [1.54, 1.807) is 0 Å². The number of H-pyrrole nitrogens is 1. The Hall–Kier alpha value is -2.79. The summed E-state index contributed by atoms with van der Waals surface area (Å²) in [5.74, 6) is 0.969. The average molecular weight is 381 g/mol. The van der Waals surface area contributed by atoms with Crippen LogP contribution in [0, 0.1) is 0 Å². The van der Waals surface area contributed by atoms with Gasteiger partial charge in [0.25, 0.3) is 0 Å². The van der Waals surface area contributed by atoms with Crippen LogP contribution in [0.3, 0.4) is 0 Å². The van der Waals surface area contributed by atoms with Crippen molar-refractivity contribution in [2.75, 3.05) is 18.0 Å². The summed E-state index contributed by atoms with van der Waals surface area (Å²) in [6, 6.07) is 19.7. The van der Waals surface area contributed by atoms with Gasteiger partial charge in [0, 0.05) is 30.2 Å². The molecule has 1 atom stereocenters. The molecule has 1 aliphatic heterocycles. The first-order valence-corrected chi connectivity index (χ1v) is 9.45. The van der Waals surface area contributed by atoms with Gasteiger partial charge in [0.15, 0.2) is 5.82 Å². The number of hydrogen-bond donors (Lipinski definition) is 2. The predicted molar refractivity (Wildman–Crippen MR) is 108 cm³/mol. The number of benzene rings is 2. The number of nitrogens with one attached hydrogen (secondary N) is 2. The van der Waals surface area contributed by atoms with E-state index in [-0.39, 0.29) is 11.9 Å². The highest BCUT2D eigenvalue weighted by atomic mass is 35.5. The molecule has 0 saturated carbocycles. The van der Waals surface area contributed by atoms with Gasteiger partial charge in [-0.3, -0.25) is 9.89 Å². The summed E-state index contributed by atoms with van der Waals surface area (Å²) in [5.41, 5.74) is 3.04. The predicted octanol–water partition coefficient (Wildman–Crippen LogP) is 3.67. The lowest BCUT2D eigenvalue weighted by Gasteiger charge is -2.16. The van der Waals surface area contributed by atoms with Crippen molar-refractivity contribution >= 4 is 23.3 Å². The van der Waals surface area contributed by atoms with E-state index in [0.29, 0.717) is 11.4 Å². The fraction of sp³-hybridized carbons (Fsp3) is 0.238. The first-order chi connectivity index (χ1) is 13.2. The van der Waals surface area contributed by atoms with Gasteiger partial charge in [-0.05, 0) is 29.7 Å². The number of anilines is 1. The summed E-state index contributed by atoms with van der Waals surface area (Å²) in [6.07, 6.45) is 1.34. The molecule has 1 fully saturated rings. The molecular formula is C21H21ClN4O. The maximum Gasteiger partial charge on any atom is 0.224 e. The van der Waals surface area contributed by atoms with Gasteiger partial charge in [0.05, 0.1) is 12.1 Å².